The molecule has 2 aromatic rings. The molecular weight excluding hydrogens is 304 g/mol. The van der Waals surface area contributed by atoms with E-state index >= 15 is 0 Å². The average molecular weight is 330 g/mol. The van der Waals surface area contributed by atoms with Gasteiger partial charge in [-0.25, -0.2) is 0 Å². The van der Waals surface area contributed by atoms with Crippen molar-refractivity contribution in [3.8, 4) is 23.0 Å². The van der Waals surface area contributed by atoms with Crippen LogP contribution in [0.4, 0.5) is 0 Å². The minimum Gasteiger partial charge on any atom is -0.493 e. The zero-order chi connectivity index (χ0) is 17.4. The van der Waals surface area contributed by atoms with Gasteiger partial charge in [-0.05, 0) is 50.5 Å². The molecule has 0 radical (unpaired) electrons. The van der Waals surface area contributed by atoms with E-state index in [4.69, 9.17) is 18.9 Å². The molecule has 4 nitrogen and oxygen atoms in total. The van der Waals surface area contributed by atoms with Crippen molar-refractivity contribution in [1.82, 2.24) is 0 Å². The molecule has 0 spiro atoms. The van der Waals surface area contributed by atoms with Gasteiger partial charge in [0, 0.05) is 0 Å². The summed E-state index contributed by atoms with van der Waals surface area (Å²) in [7, 11) is 3.25. The molecule has 130 valence electrons. The molecule has 0 fully saturated rings. The van der Waals surface area contributed by atoms with Crippen molar-refractivity contribution >= 4 is 0 Å². The Morgan fingerprint density at radius 2 is 1.38 bits per heavy atom. The summed E-state index contributed by atoms with van der Waals surface area (Å²) in [5.41, 5.74) is 2.42. The highest BCUT2D eigenvalue weighted by molar-refractivity contribution is 5.51. The first kappa shape index (κ1) is 18.0. The van der Waals surface area contributed by atoms with E-state index in [1.807, 2.05) is 24.3 Å². The minimum atomic E-state index is 0.590. The Labute approximate surface area is 144 Å². The molecule has 0 saturated heterocycles. The molecule has 2 rings (SSSR count). The molecule has 0 amide bonds. The molecule has 0 N–H and O–H groups in total. The molecule has 0 aromatic heterocycles. The minimum absolute atomic E-state index is 0.590. The fourth-order valence-electron chi connectivity index (χ4n) is 2.48. The first-order chi connectivity index (χ1) is 11.7. The van der Waals surface area contributed by atoms with Crippen molar-refractivity contribution in [3.63, 3.8) is 0 Å². The smallest absolute Gasteiger partial charge is 0.203 e. The summed E-state index contributed by atoms with van der Waals surface area (Å²) in [6.07, 6.45) is 1.82. The van der Waals surface area contributed by atoms with Crippen molar-refractivity contribution in [3.05, 3.63) is 47.5 Å². The van der Waals surface area contributed by atoms with Crippen LogP contribution in [-0.2, 0) is 0 Å². The Morgan fingerprint density at radius 1 is 0.750 bits per heavy atom. The van der Waals surface area contributed by atoms with Crippen molar-refractivity contribution in [2.45, 2.75) is 26.7 Å². The summed E-state index contributed by atoms with van der Waals surface area (Å²) < 4.78 is 22.3. The van der Waals surface area contributed by atoms with E-state index in [1.165, 1.54) is 11.1 Å². The molecule has 0 aliphatic carbocycles. The van der Waals surface area contributed by atoms with E-state index in [9.17, 15) is 0 Å². The molecule has 0 heterocycles. The maximum atomic E-state index is 5.84. The van der Waals surface area contributed by atoms with Gasteiger partial charge in [0.25, 0.3) is 0 Å². The van der Waals surface area contributed by atoms with Crippen LogP contribution >= 0.6 is 0 Å². The van der Waals surface area contributed by atoms with E-state index in [1.54, 1.807) is 14.2 Å². The normalized spacial score (nSPS) is 10.3. The number of aryl methyl sites for hydroxylation is 2. The fraction of sp³-hybridized carbons (Fsp3) is 0.400. The summed E-state index contributed by atoms with van der Waals surface area (Å²) in [6, 6.07) is 11.8. The highest BCUT2D eigenvalue weighted by Crippen LogP contribution is 2.36. The second-order valence-corrected chi connectivity index (χ2v) is 5.66. The van der Waals surface area contributed by atoms with E-state index in [-0.39, 0.29) is 0 Å². The van der Waals surface area contributed by atoms with Crippen molar-refractivity contribution in [2.24, 2.45) is 0 Å². The molecule has 0 aliphatic heterocycles. The van der Waals surface area contributed by atoms with Gasteiger partial charge in [-0.3, -0.25) is 0 Å². The molecule has 24 heavy (non-hydrogen) atoms. The molecule has 4 heteroatoms. The Kier molecular flexibility index (Phi) is 6.79. The SMILES string of the molecule is COc1cccc(OC)c1OCCCCOc1ccc(C)cc1C. The lowest BCUT2D eigenvalue weighted by atomic mass is 10.1. The van der Waals surface area contributed by atoms with Crippen LogP contribution in [0.1, 0.15) is 24.0 Å². The van der Waals surface area contributed by atoms with E-state index in [0.717, 1.165) is 18.6 Å². The van der Waals surface area contributed by atoms with Gasteiger partial charge in [0.15, 0.2) is 11.5 Å². The zero-order valence-corrected chi connectivity index (χ0v) is 14.9. The lowest BCUT2D eigenvalue weighted by molar-refractivity contribution is 0.248. The first-order valence-electron chi connectivity index (χ1n) is 8.19. The average Bonchev–Trinajstić information content (AvgIpc) is 2.59. The second kappa shape index (κ2) is 9.06. The van der Waals surface area contributed by atoms with Crippen molar-refractivity contribution in [2.75, 3.05) is 27.4 Å². The molecule has 0 unspecified atom stereocenters. The van der Waals surface area contributed by atoms with E-state index < -0.39 is 0 Å². The van der Waals surface area contributed by atoms with Crippen LogP contribution in [0.2, 0.25) is 0 Å². The summed E-state index contributed by atoms with van der Waals surface area (Å²) in [4.78, 5) is 0. The lowest BCUT2D eigenvalue weighted by Crippen LogP contribution is -2.05. The highest BCUT2D eigenvalue weighted by atomic mass is 16.5. The van der Waals surface area contributed by atoms with Gasteiger partial charge < -0.3 is 18.9 Å². The van der Waals surface area contributed by atoms with Gasteiger partial charge in [0.2, 0.25) is 5.75 Å². The Morgan fingerprint density at radius 3 is 1.96 bits per heavy atom. The zero-order valence-electron chi connectivity index (χ0n) is 14.9. The third kappa shape index (κ3) is 4.82. The standard InChI is InChI=1S/C20H26O4/c1-15-10-11-17(16(2)14-15)23-12-5-6-13-24-20-18(21-3)8-7-9-19(20)22-4/h7-11,14H,5-6,12-13H2,1-4H3. The van der Waals surface area contributed by atoms with Crippen LogP contribution in [0.5, 0.6) is 23.0 Å². The largest absolute Gasteiger partial charge is 0.493 e. The van der Waals surface area contributed by atoms with Crippen LogP contribution in [0, 0.1) is 13.8 Å². The van der Waals surface area contributed by atoms with Crippen LogP contribution in [-0.4, -0.2) is 27.4 Å². The number of para-hydroxylation sites is 1. The number of hydrogen-bond acceptors (Lipinski definition) is 4. The van der Waals surface area contributed by atoms with Gasteiger partial charge in [-0.15, -0.1) is 0 Å². The highest BCUT2D eigenvalue weighted by Gasteiger charge is 2.10. The van der Waals surface area contributed by atoms with Crippen LogP contribution in [0.25, 0.3) is 0 Å². The Bertz CT molecular complexity index is 630. The Hall–Kier alpha value is -2.36. The van der Waals surface area contributed by atoms with E-state index in [2.05, 4.69) is 26.0 Å². The van der Waals surface area contributed by atoms with Crippen LogP contribution in [0.3, 0.4) is 0 Å². The number of benzene rings is 2. The van der Waals surface area contributed by atoms with Gasteiger partial charge >= 0.3 is 0 Å². The fourth-order valence-corrected chi connectivity index (χ4v) is 2.48. The van der Waals surface area contributed by atoms with Gasteiger partial charge in [0.1, 0.15) is 5.75 Å². The topological polar surface area (TPSA) is 36.9 Å². The maximum absolute atomic E-state index is 5.84. The third-order valence-electron chi connectivity index (χ3n) is 3.76. The summed E-state index contributed by atoms with van der Waals surface area (Å²) in [5.74, 6) is 2.97. The predicted molar refractivity (Wildman–Crippen MR) is 95.7 cm³/mol. The summed E-state index contributed by atoms with van der Waals surface area (Å²) in [6.45, 7) is 5.42. The molecule has 0 saturated carbocycles. The molecular formula is C20H26O4. The number of hydrogen-bond donors (Lipinski definition) is 0. The first-order valence-corrected chi connectivity index (χ1v) is 8.19. The van der Waals surface area contributed by atoms with E-state index in [0.29, 0.717) is 30.5 Å². The Balaban J connectivity index is 1.76. The molecule has 0 aliphatic rings. The molecule has 0 bridgehead atoms. The number of ether oxygens (including phenoxy) is 4. The summed E-state index contributed by atoms with van der Waals surface area (Å²) in [5, 5.41) is 0. The van der Waals surface area contributed by atoms with Crippen molar-refractivity contribution in [1.29, 1.82) is 0 Å². The van der Waals surface area contributed by atoms with Gasteiger partial charge in [0.05, 0.1) is 27.4 Å². The third-order valence-corrected chi connectivity index (χ3v) is 3.76. The van der Waals surface area contributed by atoms with Crippen LogP contribution in [0.15, 0.2) is 36.4 Å². The molecule has 2 aromatic carbocycles. The quantitative estimate of drug-likeness (QED) is 0.632. The van der Waals surface area contributed by atoms with Crippen LogP contribution < -0.4 is 18.9 Å². The summed E-state index contributed by atoms with van der Waals surface area (Å²) >= 11 is 0. The van der Waals surface area contributed by atoms with Gasteiger partial charge in [-0.2, -0.15) is 0 Å². The van der Waals surface area contributed by atoms with Gasteiger partial charge in [-0.1, -0.05) is 23.8 Å². The number of methoxy groups -OCH3 is 2. The predicted octanol–water partition coefficient (Wildman–Crippen LogP) is 4.56. The number of rotatable bonds is 9. The lowest BCUT2D eigenvalue weighted by Gasteiger charge is -2.14. The molecule has 0 atom stereocenters. The maximum Gasteiger partial charge on any atom is 0.203 e. The monoisotopic (exact) mass is 330 g/mol. The second-order valence-electron chi connectivity index (χ2n) is 5.66. The number of unbranched alkanes of at least 4 members (excludes halogenated alkanes) is 1. The van der Waals surface area contributed by atoms with Crippen molar-refractivity contribution < 1.29 is 18.9 Å².